The number of carboxylic acids is 1. The third kappa shape index (κ3) is 2.97. The van der Waals surface area contributed by atoms with E-state index in [0.717, 1.165) is 12.8 Å². The minimum atomic E-state index is -1.01. The van der Waals surface area contributed by atoms with E-state index in [1.807, 2.05) is 26.8 Å². The molecule has 116 valence electrons. The fraction of sp³-hybridized carbons (Fsp3) is 0.800. The summed E-state index contributed by atoms with van der Waals surface area (Å²) in [6, 6.07) is 1.72. The van der Waals surface area contributed by atoms with Crippen molar-refractivity contribution in [1.82, 2.24) is 4.90 Å². The van der Waals surface area contributed by atoms with E-state index in [1.54, 1.807) is 4.90 Å². The van der Waals surface area contributed by atoms with Gasteiger partial charge in [0.25, 0.3) is 0 Å². The molecule has 2 heterocycles. The second kappa shape index (κ2) is 5.21. The molecule has 0 aromatic carbocycles. The molecule has 21 heavy (non-hydrogen) atoms. The minimum absolute atomic E-state index is 0.00249. The molecule has 0 saturated carbocycles. The zero-order valence-electron chi connectivity index (χ0n) is 12.8. The Morgan fingerprint density at radius 2 is 1.86 bits per heavy atom. The number of carbonyl (C=O) groups is 2. The first-order valence-corrected chi connectivity index (χ1v) is 7.30. The first-order valence-electron chi connectivity index (χ1n) is 7.30. The Hall–Kier alpha value is -1.77. The van der Waals surface area contributed by atoms with Crippen LogP contribution in [-0.4, -0.2) is 39.8 Å². The Morgan fingerprint density at radius 3 is 2.24 bits per heavy atom. The quantitative estimate of drug-likeness (QED) is 0.845. The highest BCUT2D eigenvalue weighted by atomic mass is 16.6. The topological polar surface area (TPSA) is 90.6 Å². The molecule has 0 radical (unpaired) electrons. The molecule has 2 fully saturated rings. The van der Waals surface area contributed by atoms with Crippen molar-refractivity contribution >= 4 is 12.1 Å². The van der Waals surface area contributed by atoms with E-state index in [0.29, 0.717) is 12.8 Å². The summed E-state index contributed by atoms with van der Waals surface area (Å²) < 4.78 is 5.42. The summed E-state index contributed by atoms with van der Waals surface area (Å²) in [5.74, 6) is -0.926. The molecule has 2 bridgehead atoms. The van der Waals surface area contributed by atoms with E-state index in [-0.39, 0.29) is 24.6 Å². The summed E-state index contributed by atoms with van der Waals surface area (Å²) in [4.78, 5) is 25.6. The lowest BCUT2D eigenvalue weighted by molar-refractivity contribution is -0.153. The maximum atomic E-state index is 12.3. The fourth-order valence-corrected chi connectivity index (χ4v) is 3.51. The van der Waals surface area contributed by atoms with Gasteiger partial charge in [-0.2, -0.15) is 5.26 Å². The molecule has 2 aliphatic rings. The normalized spacial score (nSPS) is 31.6. The van der Waals surface area contributed by atoms with Crippen LogP contribution in [0, 0.1) is 16.7 Å². The number of carbonyl (C=O) groups excluding carboxylic acids is 1. The van der Waals surface area contributed by atoms with Gasteiger partial charge in [0.15, 0.2) is 0 Å². The predicted octanol–water partition coefficient (Wildman–Crippen LogP) is 2.53. The molecule has 1 amide bonds. The summed E-state index contributed by atoms with van der Waals surface area (Å²) in [6.07, 6.45) is 1.87. The van der Waals surface area contributed by atoms with Crippen LogP contribution in [-0.2, 0) is 9.53 Å². The van der Waals surface area contributed by atoms with Gasteiger partial charge in [-0.25, -0.2) is 4.79 Å². The average molecular weight is 294 g/mol. The summed E-state index contributed by atoms with van der Waals surface area (Å²) in [7, 11) is 0. The zero-order valence-corrected chi connectivity index (χ0v) is 12.8. The smallest absolute Gasteiger partial charge is 0.410 e. The largest absolute Gasteiger partial charge is 0.481 e. The van der Waals surface area contributed by atoms with E-state index in [2.05, 4.69) is 0 Å². The molecular formula is C15H22N2O4. The first-order chi connectivity index (χ1) is 9.68. The summed E-state index contributed by atoms with van der Waals surface area (Å²) in [5.41, 5.74) is -1.58. The van der Waals surface area contributed by atoms with Crippen molar-refractivity contribution in [1.29, 1.82) is 5.26 Å². The lowest BCUT2D eigenvalue weighted by Gasteiger charge is -2.43. The predicted molar refractivity (Wildman–Crippen MR) is 74.4 cm³/mol. The maximum absolute atomic E-state index is 12.3. The van der Waals surface area contributed by atoms with Crippen molar-refractivity contribution in [3.05, 3.63) is 0 Å². The van der Waals surface area contributed by atoms with Crippen molar-refractivity contribution in [2.45, 2.75) is 70.6 Å². The lowest BCUT2D eigenvalue weighted by atomic mass is 9.73. The van der Waals surface area contributed by atoms with E-state index in [9.17, 15) is 14.7 Å². The monoisotopic (exact) mass is 294 g/mol. The highest BCUT2D eigenvalue weighted by molar-refractivity contribution is 5.77. The number of hydrogen-bond donors (Lipinski definition) is 1. The Bertz CT molecular complexity index is 475. The van der Waals surface area contributed by atoms with Crippen LogP contribution in [0.25, 0.3) is 0 Å². The molecule has 1 N–H and O–H groups in total. The number of fused-ring (bicyclic) bond motifs is 2. The number of nitrogens with zero attached hydrogens (tertiary/aromatic N) is 2. The zero-order chi connectivity index (χ0) is 15.8. The minimum Gasteiger partial charge on any atom is -0.481 e. The molecular weight excluding hydrogens is 272 g/mol. The van der Waals surface area contributed by atoms with Crippen molar-refractivity contribution < 1.29 is 19.4 Å². The van der Waals surface area contributed by atoms with Gasteiger partial charge in [-0.1, -0.05) is 0 Å². The van der Waals surface area contributed by atoms with Crippen LogP contribution in [0.4, 0.5) is 4.79 Å². The standard InChI is InChI=1S/C15H22N2O4/c1-14(2,3)21-13(20)17-10-4-5-11(17)9-15(8-10,6-7-16)12(18)19/h10-11H,4-6,8-9H2,1-3H3,(H,18,19)/t10-,11+,15+. The molecule has 3 atom stereocenters. The summed E-state index contributed by atoms with van der Waals surface area (Å²) in [5, 5.41) is 18.4. The number of carboxylic acid groups (broad SMARTS) is 1. The number of amides is 1. The van der Waals surface area contributed by atoms with E-state index in [1.165, 1.54) is 0 Å². The van der Waals surface area contributed by atoms with Crippen LogP contribution in [0.3, 0.4) is 0 Å². The molecule has 0 unspecified atom stereocenters. The van der Waals surface area contributed by atoms with Crippen molar-refractivity contribution in [2.24, 2.45) is 5.41 Å². The Kier molecular flexibility index (Phi) is 3.87. The number of piperidine rings is 1. The molecule has 2 rings (SSSR count). The second-order valence-corrected chi connectivity index (χ2v) is 7.10. The Balaban J connectivity index is 2.17. The van der Waals surface area contributed by atoms with Gasteiger partial charge in [0.2, 0.25) is 0 Å². The van der Waals surface area contributed by atoms with Gasteiger partial charge in [-0.15, -0.1) is 0 Å². The van der Waals surface area contributed by atoms with Crippen molar-refractivity contribution in [3.63, 3.8) is 0 Å². The fourth-order valence-electron chi connectivity index (χ4n) is 3.51. The highest BCUT2D eigenvalue weighted by Crippen LogP contribution is 2.48. The SMILES string of the molecule is CC(C)(C)OC(=O)N1[C@@H]2CC[C@H]1C[C@@](CC#N)(C(=O)O)C2. The molecule has 6 nitrogen and oxygen atoms in total. The van der Waals surface area contributed by atoms with E-state index >= 15 is 0 Å². The van der Waals surface area contributed by atoms with Gasteiger partial charge < -0.3 is 14.7 Å². The van der Waals surface area contributed by atoms with Crippen LogP contribution in [0.1, 0.15) is 52.9 Å². The third-order valence-electron chi connectivity index (χ3n) is 4.35. The first kappa shape index (κ1) is 15.6. The second-order valence-electron chi connectivity index (χ2n) is 7.10. The Morgan fingerprint density at radius 1 is 1.33 bits per heavy atom. The molecule has 0 aromatic heterocycles. The van der Waals surface area contributed by atoms with Crippen molar-refractivity contribution in [3.8, 4) is 6.07 Å². The lowest BCUT2D eigenvalue weighted by Crippen LogP contribution is -2.53. The Labute approximate surface area is 124 Å². The highest BCUT2D eigenvalue weighted by Gasteiger charge is 2.54. The van der Waals surface area contributed by atoms with Gasteiger partial charge in [0.05, 0.1) is 17.9 Å². The van der Waals surface area contributed by atoms with E-state index in [4.69, 9.17) is 10.00 Å². The van der Waals surface area contributed by atoms with E-state index < -0.39 is 17.0 Å². The molecule has 0 spiro atoms. The number of rotatable bonds is 2. The summed E-state index contributed by atoms with van der Waals surface area (Å²) >= 11 is 0. The van der Waals surface area contributed by atoms with Gasteiger partial charge in [0, 0.05) is 12.1 Å². The third-order valence-corrected chi connectivity index (χ3v) is 4.35. The van der Waals surface area contributed by atoms with Crippen LogP contribution in [0.2, 0.25) is 0 Å². The van der Waals surface area contributed by atoms with Crippen LogP contribution in [0.15, 0.2) is 0 Å². The number of aliphatic carboxylic acids is 1. The number of nitriles is 1. The number of hydrogen-bond acceptors (Lipinski definition) is 4. The molecule has 2 aliphatic heterocycles. The molecule has 2 saturated heterocycles. The summed E-state index contributed by atoms with van der Waals surface area (Å²) in [6.45, 7) is 5.44. The van der Waals surface area contributed by atoms with Crippen LogP contribution < -0.4 is 0 Å². The van der Waals surface area contributed by atoms with Crippen molar-refractivity contribution in [2.75, 3.05) is 0 Å². The molecule has 0 aliphatic carbocycles. The van der Waals surface area contributed by atoms with Gasteiger partial charge in [0.1, 0.15) is 5.60 Å². The van der Waals surface area contributed by atoms with Gasteiger partial charge in [-0.3, -0.25) is 4.79 Å². The molecule has 6 heteroatoms. The van der Waals surface area contributed by atoms with Gasteiger partial charge >= 0.3 is 12.1 Å². The average Bonchev–Trinajstić information content (AvgIpc) is 2.60. The maximum Gasteiger partial charge on any atom is 0.410 e. The number of ether oxygens (including phenoxy) is 1. The van der Waals surface area contributed by atoms with Gasteiger partial charge in [-0.05, 0) is 46.5 Å². The van der Waals surface area contributed by atoms with Crippen LogP contribution >= 0.6 is 0 Å². The molecule has 0 aromatic rings. The van der Waals surface area contributed by atoms with Crippen LogP contribution in [0.5, 0.6) is 0 Å².